The van der Waals surface area contributed by atoms with Gasteiger partial charge in [0.25, 0.3) is 5.91 Å². The van der Waals surface area contributed by atoms with Gasteiger partial charge in [0.1, 0.15) is 0 Å². The van der Waals surface area contributed by atoms with Crippen LogP contribution in [0.25, 0.3) is 5.82 Å². The molecular formula is C14H20N6O. The van der Waals surface area contributed by atoms with E-state index in [4.69, 9.17) is 0 Å². The minimum Gasteiger partial charge on any atom is -0.354 e. The Hall–Kier alpha value is -2.44. The maximum absolute atomic E-state index is 11.9. The summed E-state index contributed by atoms with van der Waals surface area (Å²) in [6.07, 6.45) is 4.47. The summed E-state index contributed by atoms with van der Waals surface area (Å²) in [4.78, 5) is 22.1. The second-order valence-corrected chi connectivity index (χ2v) is 4.97. The first-order chi connectivity index (χ1) is 10.0. The molecule has 7 heteroatoms. The highest BCUT2D eigenvalue weighted by Crippen LogP contribution is 2.12. The van der Waals surface area contributed by atoms with Gasteiger partial charge in [-0.3, -0.25) is 4.79 Å². The standard InChI is InChI=1S/C14H20N6O/c1-5-7-15-14-16-9-10(2)12(17-14)20-8-6-11(18-20)13(21)19(3)4/h6,8-9H,5,7H2,1-4H3,(H,15,16,17). The smallest absolute Gasteiger partial charge is 0.273 e. The van der Waals surface area contributed by atoms with Crippen molar-refractivity contribution < 1.29 is 4.79 Å². The average Bonchev–Trinajstić information content (AvgIpc) is 2.95. The number of carbonyl (C=O) groups is 1. The van der Waals surface area contributed by atoms with E-state index < -0.39 is 0 Å². The van der Waals surface area contributed by atoms with Crippen LogP contribution in [0.15, 0.2) is 18.5 Å². The molecule has 21 heavy (non-hydrogen) atoms. The number of nitrogens with zero attached hydrogens (tertiary/aromatic N) is 5. The number of aryl methyl sites for hydroxylation is 1. The van der Waals surface area contributed by atoms with Crippen LogP contribution in [0.2, 0.25) is 0 Å². The molecule has 112 valence electrons. The Bertz CT molecular complexity index is 634. The summed E-state index contributed by atoms with van der Waals surface area (Å²) in [5.74, 6) is 1.10. The molecule has 0 saturated carbocycles. The van der Waals surface area contributed by atoms with E-state index in [-0.39, 0.29) is 5.91 Å². The Balaban J connectivity index is 2.31. The molecule has 0 fully saturated rings. The molecule has 0 bridgehead atoms. The lowest BCUT2D eigenvalue weighted by atomic mass is 10.3. The Labute approximate surface area is 124 Å². The molecule has 2 aromatic rings. The summed E-state index contributed by atoms with van der Waals surface area (Å²) in [7, 11) is 3.40. The maximum atomic E-state index is 11.9. The van der Waals surface area contributed by atoms with Gasteiger partial charge in [0.05, 0.1) is 0 Å². The van der Waals surface area contributed by atoms with Crippen molar-refractivity contribution in [2.24, 2.45) is 0 Å². The summed E-state index contributed by atoms with van der Waals surface area (Å²) < 4.78 is 1.60. The third kappa shape index (κ3) is 3.36. The van der Waals surface area contributed by atoms with E-state index in [1.54, 1.807) is 37.2 Å². The zero-order chi connectivity index (χ0) is 15.4. The SMILES string of the molecule is CCCNc1ncc(C)c(-n2ccc(C(=O)N(C)C)n2)n1. The fourth-order valence-corrected chi connectivity index (χ4v) is 1.77. The van der Waals surface area contributed by atoms with Gasteiger partial charge in [-0.05, 0) is 19.4 Å². The van der Waals surface area contributed by atoms with E-state index in [0.717, 1.165) is 18.5 Å². The van der Waals surface area contributed by atoms with Gasteiger partial charge in [-0.1, -0.05) is 6.92 Å². The van der Waals surface area contributed by atoms with Crippen molar-refractivity contribution in [1.29, 1.82) is 0 Å². The number of amides is 1. The Kier molecular flexibility index (Phi) is 4.52. The fraction of sp³-hybridized carbons (Fsp3) is 0.429. The van der Waals surface area contributed by atoms with Crippen molar-refractivity contribution in [2.45, 2.75) is 20.3 Å². The van der Waals surface area contributed by atoms with E-state index in [9.17, 15) is 4.79 Å². The highest BCUT2D eigenvalue weighted by molar-refractivity contribution is 5.91. The largest absolute Gasteiger partial charge is 0.354 e. The fourth-order valence-electron chi connectivity index (χ4n) is 1.77. The van der Waals surface area contributed by atoms with Gasteiger partial charge in [0.15, 0.2) is 11.5 Å². The van der Waals surface area contributed by atoms with Crippen molar-refractivity contribution in [2.75, 3.05) is 26.0 Å². The number of hydrogen-bond donors (Lipinski definition) is 1. The molecule has 0 radical (unpaired) electrons. The van der Waals surface area contributed by atoms with E-state index in [1.165, 1.54) is 4.90 Å². The predicted octanol–water partition coefficient (Wildman–Crippen LogP) is 1.49. The Morgan fingerprint density at radius 1 is 1.43 bits per heavy atom. The van der Waals surface area contributed by atoms with Crippen LogP contribution in [0, 0.1) is 6.92 Å². The summed E-state index contributed by atoms with van der Waals surface area (Å²) in [5.41, 5.74) is 1.28. The summed E-state index contributed by atoms with van der Waals surface area (Å²) in [6.45, 7) is 4.80. The molecule has 2 aromatic heterocycles. The average molecular weight is 288 g/mol. The lowest BCUT2D eigenvalue weighted by Crippen LogP contribution is -2.22. The molecule has 2 heterocycles. The number of carbonyl (C=O) groups excluding carboxylic acids is 1. The lowest BCUT2D eigenvalue weighted by Gasteiger charge is -2.09. The van der Waals surface area contributed by atoms with Crippen molar-refractivity contribution in [1.82, 2.24) is 24.6 Å². The molecule has 2 rings (SSSR count). The highest BCUT2D eigenvalue weighted by atomic mass is 16.2. The van der Waals surface area contributed by atoms with Crippen LogP contribution in [0.5, 0.6) is 0 Å². The minimum absolute atomic E-state index is 0.134. The van der Waals surface area contributed by atoms with Crippen LogP contribution in [-0.4, -0.2) is 51.2 Å². The van der Waals surface area contributed by atoms with E-state index in [0.29, 0.717) is 17.5 Å². The van der Waals surface area contributed by atoms with Crippen LogP contribution in [0.4, 0.5) is 5.95 Å². The van der Waals surface area contributed by atoms with Gasteiger partial charge in [0, 0.05) is 38.6 Å². The number of hydrogen-bond acceptors (Lipinski definition) is 5. The first-order valence-electron chi connectivity index (χ1n) is 6.88. The van der Waals surface area contributed by atoms with Crippen LogP contribution >= 0.6 is 0 Å². The molecule has 0 unspecified atom stereocenters. The van der Waals surface area contributed by atoms with Crippen molar-refractivity contribution in [3.63, 3.8) is 0 Å². The third-order valence-electron chi connectivity index (χ3n) is 2.91. The molecule has 0 aliphatic rings. The summed E-state index contributed by atoms with van der Waals surface area (Å²) in [6, 6.07) is 1.68. The zero-order valence-electron chi connectivity index (χ0n) is 12.8. The number of aromatic nitrogens is 4. The van der Waals surface area contributed by atoms with E-state index >= 15 is 0 Å². The number of anilines is 1. The van der Waals surface area contributed by atoms with Crippen molar-refractivity contribution >= 4 is 11.9 Å². The van der Waals surface area contributed by atoms with Gasteiger partial charge in [-0.25, -0.2) is 9.67 Å². The van der Waals surface area contributed by atoms with Gasteiger partial charge in [-0.15, -0.1) is 0 Å². The van der Waals surface area contributed by atoms with Crippen LogP contribution in [0.1, 0.15) is 29.4 Å². The molecule has 0 atom stereocenters. The second kappa shape index (κ2) is 6.34. The van der Waals surface area contributed by atoms with Crippen LogP contribution < -0.4 is 5.32 Å². The topological polar surface area (TPSA) is 75.9 Å². The second-order valence-electron chi connectivity index (χ2n) is 4.97. The maximum Gasteiger partial charge on any atom is 0.273 e. The predicted molar refractivity (Wildman–Crippen MR) is 80.7 cm³/mol. The molecule has 0 saturated heterocycles. The monoisotopic (exact) mass is 288 g/mol. The Morgan fingerprint density at radius 3 is 2.86 bits per heavy atom. The highest BCUT2D eigenvalue weighted by Gasteiger charge is 2.14. The molecular weight excluding hydrogens is 268 g/mol. The van der Waals surface area contributed by atoms with Gasteiger partial charge >= 0.3 is 0 Å². The molecule has 7 nitrogen and oxygen atoms in total. The summed E-state index contributed by atoms with van der Waals surface area (Å²) >= 11 is 0. The quantitative estimate of drug-likeness (QED) is 0.902. The van der Waals surface area contributed by atoms with Gasteiger partial charge in [-0.2, -0.15) is 10.1 Å². The van der Waals surface area contributed by atoms with E-state index in [1.807, 2.05) is 6.92 Å². The molecule has 0 spiro atoms. The summed E-state index contributed by atoms with van der Waals surface area (Å²) in [5, 5.41) is 7.43. The zero-order valence-corrected chi connectivity index (χ0v) is 12.8. The first kappa shape index (κ1) is 15.0. The number of nitrogens with one attached hydrogen (secondary N) is 1. The molecule has 0 aliphatic heterocycles. The van der Waals surface area contributed by atoms with Gasteiger partial charge in [0.2, 0.25) is 5.95 Å². The molecule has 1 N–H and O–H groups in total. The first-order valence-corrected chi connectivity index (χ1v) is 6.88. The van der Waals surface area contributed by atoms with Crippen molar-refractivity contribution in [3.05, 3.63) is 29.7 Å². The Morgan fingerprint density at radius 2 is 2.19 bits per heavy atom. The molecule has 0 aliphatic carbocycles. The minimum atomic E-state index is -0.134. The van der Waals surface area contributed by atoms with Gasteiger partial charge < -0.3 is 10.2 Å². The van der Waals surface area contributed by atoms with Crippen LogP contribution in [-0.2, 0) is 0 Å². The van der Waals surface area contributed by atoms with Crippen molar-refractivity contribution in [3.8, 4) is 5.82 Å². The van der Waals surface area contributed by atoms with Crippen LogP contribution in [0.3, 0.4) is 0 Å². The third-order valence-corrected chi connectivity index (χ3v) is 2.91. The molecule has 0 aromatic carbocycles. The normalized spacial score (nSPS) is 10.5. The lowest BCUT2D eigenvalue weighted by molar-refractivity contribution is 0.0821. The number of rotatable bonds is 5. The van der Waals surface area contributed by atoms with E-state index in [2.05, 4.69) is 27.3 Å². The molecule has 1 amide bonds.